The first kappa shape index (κ1) is 17.7. The number of sulfonamides is 1. The second kappa shape index (κ2) is 6.08. The van der Waals surface area contributed by atoms with Crippen molar-refractivity contribution in [2.75, 3.05) is 6.54 Å². The molecule has 2 heterocycles. The van der Waals surface area contributed by atoms with Gasteiger partial charge in [0.25, 0.3) is 0 Å². The zero-order valence-electron chi connectivity index (χ0n) is 12.1. The van der Waals surface area contributed by atoms with Crippen LogP contribution < -0.4 is 0 Å². The minimum Gasteiger partial charge on any atom is -0.481 e. The van der Waals surface area contributed by atoms with E-state index in [0.29, 0.717) is 0 Å². The van der Waals surface area contributed by atoms with E-state index < -0.39 is 44.7 Å². The van der Waals surface area contributed by atoms with Crippen molar-refractivity contribution in [2.24, 2.45) is 5.92 Å². The van der Waals surface area contributed by atoms with Crippen molar-refractivity contribution in [3.63, 3.8) is 0 Å². The van der Waals surface area contributed by atoms with Crippen LogP contribution in [0.2, 0.25) is 0 Å². The molecule has 23 heavy (non-hydrogen) atoms. The van der Waals surface area contributed by atoms with Gasteiger partial charge in [0.15, 0.2) is 5.69 Å². The van der Waals surface area contributed by atoms with Crippen molar-refractivity contribution < 1.29 is 31.5 Å². The van der Waals surface area contributed by atoms with Crippen LogP contribution in [0.1, 0.15) is 25.5 Å². The topological polar surface area (TPSA) is 87.6 Å². The van der Waals surface area contributed by atoms with Gasteiger partial charge in [0.2, 0.25) is 10.0 Å². The van der Waals surface area contributed by atoms with E-state index in [1.165, 1.54) is 6.92 Å². The van der Waals surface area contributed by atoms with E-state index in [1.54, 1.807) is 0 Å². The molecule has 1 aliphatic heterocycles. The van der Waals surface area contributed by atoms with E-state index >= 15 is 0 Å². The van der Waals surface area contributed by atoms with Crippen LogP contribution in [0, 0.1) is 5.92 Å². The first-order chi connectivity index (χ1) is 10.6. The van der Waals surface area contributed by atoms with Crippen molar-refractivity contribution in [2.45, 2.75) is 36.9 Å². The van der Waals surface area contributed by atoms with Gasteiger partial charge < -0.3 is 5.11 Å². The number of aliphatic carboxylic acids is 1. The molecular formula is C13H15F3N2O4S. The molecule has 1 saturated heterocycles. The highest BCUT2D eigenvalue weighted by molar-refractivity contribution is 7.89. The molecule has 1 N–H and O–H groups in total. The molecule has 0 bridgehead atoms. The van der Waals surface area contributed by atoms with Crippen LogP contribution in [0.15, 0.2) is 23.2 Å². The van der Waals surface area contributed by atoms with Gasteiger partial charge in [-0.3, -0.25) is 9.78 Å². The first-order valence-electron chi connectivity index (χ1n) is 6.83. The summed E-state index contributed by atoms with van der Waals surface area (Å²) in [7, 11) is -4.50. The molecular weight excluding hydrogens is 337 g/mol. The zero-order chi connectivity index (χ0) is 17.4. The number of nitrogens with zero attached hydrogens (tertiary/aromatic N) is 2. The molecule has 6 nitrogen and oxygen atoms in total. The normalized spacial score (nSPS) is 23.7. The van der Waals surface area contributed by atoms with E-state index in [0.717, 1.165) is 22.6 Å². The molecule has 0 unspecified atom stereocenters. The second-order valence-corrected chi connectivity index (χ2v) is 7.15. The highest BCUT2D eigenvalue weighted by Crippen LogP contribution is 2.36. The van der Waals surface area contributed by atoms with Crippen molar-refractivity contribution in [1.29, 1.82) is 0 Å². The Morgan fingerprint density at radius 1 is 1.43 bits per heavy atom. The number of piperidine rings is 1. The van der Waals surface area contributed by atoms with Gasteiger partial charge in [-0.15, -0.1) is 0 Å². The van der Waals surface area contributed by atoms with Crippen LogP contribution in [-0.4, -0.2) is 41.4 Å². The second-order valence-electron chi connectivity index (χ2n) is 5.29. The van der Waals surface area contributed by atoms with E-state index in [-0.39, 0.29) is 19.4 Å². The Kier molecular flexibility index (Phi) is 4.67. The zero-order valence-corrected chi connectivity index (χ0v) is 12.9. The van der Waals surface area contributed by atoms with Crippen molar-refractivity contribution in [3.8, 4) is 0 Å². The van der Waals surface area contributed by atoms with Gasteiger partial charge in [-0.1, -0.05) is 0 Å². The Bertz CT molecular complexity index is 705. The molecule has 1 aromatic rings. The Hall–Kier alpha value is -1.68. The average molecular weight is 352 g/mol. The number of carbonyl (C=O) groups is 1. The van der Waals surface area contributed by atoms with Crippen LogP contribution in [-0.2, 0) is 21.0 Å². The summed E-state index contributed by atoms with van der Waals surface area (Å²) >= 11 is 0. The molecule has 0 saturated carbocycles. The number of halogens is 3. The van der Waals surface area contributed by atoms with E-state index in [9.17, 15) is 26.4 Å². The van der Waals surface area contributed by atoms with Gasteiger partial charge in [-0.25, -0.2) is 8.42 Å². The molecule has 0 amide bonds. The summed E-state index contributed by atoms with van der Waals surface area (Å²) in [4.78, 5) is 13.4. The number of pyridine rings is 1. The van der Waals surface area contributed by atoms with Gasteiger partial charge in [-0.05, 0) is 31.9 Å². The molecule has 1 aromatic heterocycles. The van der Waals surface area contributed by atoms with Gasteiger partial charge in [0.1, 0.15) is 4.90 Å². The Balaban J connectivity index is 2.49. The summed E-state index contributed by atoms with van der Waals surface area (Å²) in [5.41, 5.74) is -1.50. The van der Waals surface area contributed by atoms with Crippen molar-refractivity contribution >= 4 is 16.0 Å². The van der Waals surface area contributed by atoms with E-state index in [1.807, 2.05) is 0 Å². The molecule has 2 atom stereocenters. The number of alkyl halides is 3. The van der Waals surface area contributed by atoms with Gasteiger partial charge in [0.05, 0.1) is 5.92 Å². The summed E-state index contributed by atoms with van der Waals surface area (Å²) < 4.78 is 65.1. The molecule has 1 aliphatic rings. The fourth-order valence-corrected chi connectivity index (χ4v) is 4.59. The monoisotopic (exact) mass is 352 g/mol. The summed E-state index contributed by atoms with van der Waals surface area (Å²) in [5.74, 6) is -2.12. The standard InChI is InChI=1S/C13H15F3N2O4S/c1-8-9(12(19)20)4-3-7-18(8)23(21,22)10-5-2-6-17-11(10)13(14,15)16/h2,5-6,8-9H,3-4,7H2,1H3,(H,19,20)/t8-,9-/m1/s1. The molecule has 2 rings (SSSR count). The molecule has 10 heteroatoms. The summed E-state index contributed by atoms with van der Waals surface area (Å²) in [6.45, 7) is 1.36. The number of rotatable bonds is 3. The lowest BCUT2D eigenvalue weighted by Gasteiger charge is -2.36. The SMILES string of the molecule is C[C@@H]1[C@H](C(=O)O)CCCN1S(=O)(=O)c1cccnc1C(F)(F)F. The van der Waals surface area contributed by atoms with Crippen LogP contribution >= 0.6 is 0 Å². The van der Waals surface area contributed by atoms with E-state index in [4.69, 9.17) is 5.11 Å². The fourth-order valence-electron chi connectivity index (χ4n) is 2.72. The predicted molar refractivity (Wildman–Crippen MR) is 73.0 cm³/mol. The van der Waals surface area contributed by atoms with Gasteiger partial charge in [-0.2, -0.15) is 17.5 Å². The van der Waals surface area contributed by atoms with Gasteiger partial charge >= 0.3 is 12.1 Å². The fraction of sp³-hybridized carbons (Fsp3) is 0.538. The molecule has 0 aromatic carbocycles. The minimum absolute atomic E-state index is 0.0283. The Labute approximate surface area is 131 Å². The van der Waals surface area contributed by atoms with Crippen LogP contribution in [0.4, 0.5) is 13.2 Å². The van der Waals surface area contributed by atoms with Crippen LogP contribution in [0.5, 0.6) is 0 Å². The highest BCUT2D eigenvalue weighted by Gasteiger charge is 2.44. The number of carboxylic acid groups (broad SMARTS) is 1. The number of hydrogen-bond acceptors (Lipinski definition) is 4. The summed E-state index contributed by atoms with van der Waals surface area (Å²) in [5, 5.41) is 9.13. The summed E-state index contributed by atoms with van der Waals surface area (Å²) in [6, 6.07) is 1.00. The molecule has 0 spiro atoms. The molecule has 128 valence electrons. The minimum atomic E-state index is -4.92. The lowest BCUT2D eigenvalue weighted by Crippen LogP contribution is -2.49. The third kappa shape index (κ3) is 3.32. The predicted octanol–water partition coefficient (Wildman–Crippen LogP) is 1.97. The average Bonchev–Trinajstić information content (AvgIpc) is 2.46. The maximum Gasteiger partial charge on any atom is 0.434 e. The third-order valence-electron chi connectivity index (χ3n) is 3.87. The molecule has 1 fully saturated rings. The molecule has 0 radical (unpaired) electrons. The van der Waals surface area contributed by atoms with Crippen LogP contribution in [0.25, 0.3) is 0 Å². The third-order valence-corrected chi connectivity index (χ3v) is 5.89. The number of carboxylic acids is 1. The molecule has 0 aliphatic carbocycles. The van der Waals surface area contributed by atoms with Crippen LogP contribution in [0.3, 0.4) is 0 Å². The lowest BCUT2D eigenvalue weighted by molar-refractivity contribution is -0.145. The summed E-state index contributed by atoms with van der Waals surface area (Å²) in [6.07, 6.45) is -3.51. The van der Waals surface area contributed by atoms with E-state index in [2.05, 4.69) is 4.98 Å². The highest BCUT2D eigenvalue weighted by atomic mass is 32.2. The Morgan fingerprint density at radius 2 is 2.09 bits per heavy atom. The van der Waals surface area contributed by atoms with Crippen molar-refractivity contribution in [1.82, 2.24) is 9.29 Å². The lowest BCUT2D eigenvalue weighted by atomic mass is 9.92. The van der Waals surface area contributed by atoms with Crippen molar-refractivity contribution in [3.05, 3.63) is 24.0 Å². The maximum absolute atomic E-state index is 13.0. The Morgan fingerprint density at radius 3 is 2.65 bits per heavy atom. The smallest absolute Gasteiger partial charge is 0.434 e. The number of hydrogen-bond donors (Lipinski definition) is 1. The first-order valence-corrected chi connectivity index (χ1v) is 8.27. The maximum atomic E-state index is 13.0. The number of aromatic nitrogens is 1. The quantitative estimate of drug-likeness (QED) is 0.899. The van der Waals surface area contributed by atoms with Gasteiger partial charge in [0, 0.05) is 18.8 Å². The largest absolute Gasteiger partial charge is 0.481 e.